The van der Waals surface area contributed by atoms with Crippen LogP contribution in [0.25, 0.3) is 0 Å². The van der Waals surface area contributed by atoms with Crippen molar-refractivity contribution in [2.75, 3.05) is 38.0 Å². The van der Waals surface area contributed by atoms with Gasteiger partial charge in [0.1, 0.15) is 10.7 Å². The molecule has 0 amide bonds. The molecule has 0 unspecified atom stereocenters. The second-order valence-corrected chi connectivity index (χ2v) is 6.74. The van der Waals surface area contributed by atoms with E-state index in [1.54, 1.807) is 12.1 Å². The fraction of sp³-hybridized carbons (Fsp3) is 0.462. The minimum Gasteiger partial charge on any atom is -0.341 e. The molecule has 108 valence electrons. The smallest absolute Gasteiger partial charge is 0.286 e. The predicted molar refractivity (Wildman–Crippen MR) is 78.7 cm³/mol. The molecular formula is C13H18N4O2S. The Bertz CT molecular complexity index is 648. The summed E-state index contributed by atoms with van der Waals surface area (Å²) in [5.41, 5.74) is 1.53. The maximum atomic E-state index is 12.2. The average molecular weight is 294 g/mol. The summed E-state index contributed by atoms with van der Waals surface area (Å²) in [6.45, 7) is 6.07. The first kappa shape index (κ1) is 13.5. The van der Waals surface area contributed by atoms with Crippen LogP contribution in [0.4, 0.5) is 5.69 Å². The molecule has 2 aliphatic rings. The number of benzene rings is 1. The van der Waals surface area contributed by atoms with Crippen molar-refractivity contribution in [3.63, 3.8) is 0 Å². The van der Waals surface area contributed by atoms with Gasteiger partial charge < -0.3 is 10.6 Å². The van der Waals surface area contributed by atoms with Gasteiger partial charge in [0, 0.05) is 26.2 Å². The summed E-state index contributed by atoms with van der Waals surface area (Å²) in [4.78, 5) is 2.46. The highest BCUT2D eigenvalue weighted by Gasteiger charge is 2.26. The van der Waals surface area contributed by atoms with E-state index in [9.17, 15) is 8.42 Å². The van der Waals surface area contributed by atoms with Gasteiger partial charge in [0.05, 0.1) is 12.2 Å². The zero-order chi connectivity index (χ0) is 14.2. The van der Waals surface area contributed by atoms with Crippen molar-refractivity contribution in [1.29, 1.82) is 0 Å². The van der Waals surface area contributed by atoms with Crippen molar-refractivity contribution in [3.8, 4) is 0 Å². The van der Waals surface area contributed by atoms with Gasteiger partial charge in [0.15, 0.2) is 0 Å². The van der Waals surface area contributed by atoms with Crippen molar-refractivity contribution in [2.45, 2.75) is 11.8 Å². The molecule has 1 saturated heterocycles. The molecule has 20 heavy (non-hydrogen) atoms. The maximum Gasteiger partial charge on any atom is 0.286 e. The van der Waals surface area contributed by atoms with Gasteiger partial charge in [-0.25, -0.2) is 0 Å². The molecule has 2 aliphatic heterocycles. The van der Waals surface area contributed by atoms with E-state index in [0.717, 1.165) is 31.7 Å². The molecular weight excluding hydrogens is 276 g/mol. The molecule has 2 N–H and O–H groups in total. The Kier molecular flexibility index (Phi) is 3.49. The summed E-state index contributed by atoms with van der Waals surface area (Å²) >= 11 is 0. The number of rotatable bonds is 2. The second kappa shape index (κ2) is 5.16. The quantitative estimate of drug-likeness (QED) is 0.826. The van der Waals surface area contributed by atoms with Gasteiger partial charge in [-0.1, -0.05) is 6.07 Å². The number of aryl methyl sites for hydroxylation is 1. The zero-order valence-corrected chi connectivity index (χ0v) is 12.2. The van der Waals surface area contributed by atoms with Gasteiger partial charge in [-0.2, -0.15) is 8.42 Å². The number of fused-ring (bicyclic) bond motifs is 1. The van der Waals surface area contributed by atoms with Crippen LogP contribution >= 0.6 is 0 Å². The molecule has 2 heterocycles. The van der Waals surface area contributed by atoms with Crippen molar-refractivity contribution < 1.29 is 8.42 Å². The average Bonchev–Trinajstić information content (AvgIpc) is 2.40. The molecule has 0 aromatic heterocycles. The van der Waals surface area contributed by atoms with Gasteiger partial charge in [-0.3, -0.25) is 4.90 Å². The Morgan fingerprint density at radius 1 is 1.30 bits per heavy atom. The number of piperazine rings is 1. The molecule has 7 heteroatoms. The lowest BCUT2D eigenvalue weighted by atomic mass is 10.2. The van der Waals surface area contributed by atoms with E-state index < -0.39 is 10.0 Å². The highest BCUT2D eigenvalue weighted by molar-refractivity contribution is 7.90. The molecule has 0 spiro atoms. The van der Waals surface area contributed by atoms with Gasteiger partial charge in [0.25, 0.3) is 10.0 Å². The lowest BCUT2D eigenvalue weighted by Crippen LogP contribution is -2.47. The first-order valence-corrected chi connectivity index (χ1v) is 8.13. The van der Waals surface area contributed by atoms with Gasteiger partial charge in [0.2, 0.25) is 0 Å². The number of sulfonamides is 1. The number of nitrogens with zero attached hydrogens (tertiary/aromatic N) is 2. The van der Waals surface area contributed by atoms with Gasteiger partial charge >= 0.3 is 0 Å². The van der Waals surface area contributed by atoms with Gasteiger partial charge in [-0.05, 0) is 24.6 Å². The van der Waals surface area contributed by atoms with Crippen LogP contribution in [-0.4, -0.2) is 51.9 Å². The monoisotopic (exact) mass is 294 g/mol. The van der Waals surface area contributed by atoms with Crippen molar-refractivity contribution >= 4 is 21.5 Å². The summed E-state index contributed by atoms with van der Waals surface area (Å²) in [5.74, 6) is 0.503. The Morgan fingerprint density at radius 3 is 2.80 bits per heavy atom. The van der Waals surface area contributed by atoms with Crippen molar-refractivity contribution in [3.05, 3.63) is 23.8 Å². The van der Waals surface area contributed by atoms with Crippen LogP contribution in [0.15, 0.2) is 27.5 Å². The highest BCUT2D eigenvalue weighted by Crippen LogP contribution is 2.28. The van der Waals surface area contributed by atoms with Crippen LogP contribution in [0.5, 0.6) is 0 Å². The Morgan fingerprint density at radius 2 is 2.05 bits per heavy atom. The van der Waals surface area contributed by atoms with Crippen molar-refractivity contribution in [1.82, 2.24) is 10.2 Å². The summed E-state index contributed by atoms with van der Waals surface area (Å²) in [6, 6.07) is 5.35. The zero-order valence-electron chi connectivity index (χ0n) is 11.4. The minimum absolute atomic E-state index is 0.265. The molecule has 0 bridgehead atoms. The van der Waals surface area contributed by atoms with Crippen LogP contribution in [-0.2, 0) is 10.0 Å². The summed E-state index contributed by atoms with van der Waals surface area (Å²) in [6.07, 6.45) is 0. The minimum atomic E-state index is -3.58. The van der Waals surface area contributed by atoms with Crippen LogP contribution < -0.4 is 10.6 Å². The molecule has 0 saturated carbocycles. The SMILES string of the molecule is Cc1ccc2c(c1)S(=O)(=O)N=C(CN1CCNCC1)N2. The third kappa shape index (κ3) is 2.70. The lowest BCUT2D eigenvalue weighted by Gasteiger charge is -2.29. The topological polar surface area (TPSA) is 73.8 Å². The Balaban J connectivity index is 1.85. The fourth-order valence-corrected chi connectivity index (χ4v) is 3.69. The molecule has 0 radical (unpaired) electrons. The van der Waals surface area contributed by atoms with E-state index in [1.807, 2.05) is 13.0 Å². The van der Waals surface area contributed by atoms with E-state index in [2.05, 4.69) is 19.9 Å². The van der Waals surface area contributed by atoms with Gasteiger partial charge in [-0.15, -0.1) is 4.40 Å². The first-order valence-electron chi connectivity index (χ1n) is 6.69. The second-order valence-electron chi connectivity index (χ2n) is 5.16. The van der Waals surface area contributed by atoms with Crippen LogP contribution in [0.3, 0.4) is 0 Å². The Hall–Kier alpha value is -1.44. The first-order chi connectivity index (χ1) is 9.54. The molecule has 0 atom stereocenters. The van der Waals surface area contributed by atoms with Crippen LogP contribution in [0.2, 0.25) is 0 Å². The molecule has 3 rings (SSSR count). The largest absolute Gasteiger partial charge is 0.341 e. The number of anilines is 1. The van der Waals surface area contributed by atoms with Crippen LogP contribution in [0, 0.1) is 6.92 Å². The third-order valence-electron chi connectivity index (χ3n) is 3.51. The summed E-state index contributed by atoms with van der Waals surface area (Å²) in [7, 11) is -3.58. The molecule has 0 aliphatic carbocycles. The number of hydrogen-bond donors (Lipinski definition) is 2. The summed E-state index contributed by atoms with van der Waals surface area (Å²) < 4.78 is 28.3. The molecule has 1 aromatic rings. The third-order valence-corrected chi connectivity index (χ3v) is 4.86. The summed E-state index contributed by atoms with van der Waals surface area (Å²) in [5, 5.41) is 6.41. The normalized spacial score (nSPS) is 21.8. The van der Waals surface area contributed by atoms with E-state index >= 15 is 0 Å². The van der Waals surface area contributed by atoms with E-state index in [-0.39, 0.29) is 4.90 Å². The number of nitrogens with one attached hydrogen (secondary N) is 2. The van der Waals surface area contributed by atoms with E-state index in [1.165, 1.54) is 0 Å². The van der Waals surface area contributed by atoms with E-state index in [0.29, 0.717) is 18.1 Å². The molecule has 1 aromatic carbocycles. The molecule has 6 nitrogen and oxygen atoms in total. The standard InChI is InChI=1S/C13H18N4O2S/c1-10-2-3-11-12(8-10)20(18,19)16-13(15-11)9-17-6-4-14-5-7-17/h2-3,8,14H,4-7,9H2,1H3,(H,15,16). The maximum absolute atomic E-state index is 12.2. The van der Waals surface area contributed by atoms with Crippen molar-refractivity contribution in [2.24, 2.45) is 4.40 Å². The predicted octanol–water partition coefficient (Wildman–Crippen LogP) is 0.413. The lowest BCUT2D eigenvalue weighted by molar-refractivity contribution is 0.272. The highest BCUT2D eigenvalue weighted by atomic mass is 32.2. The van der Waals surface area contributed by atoms with E-state index in [4.69, 9.17) is 0 Å². The Labute approximate surface area is 118 Å². The van der Waals surface area contributed by atoms with Crippen LogP contribution in [0.1, 0.15) is 5.56 Å². The number of amidine groups is 1. The molecule has 1 fully saturated rings. The fourth-order valence-electron chi connectivity index (χ4n) is 2.47. The number of hydrogen-bond acceptors (Lipinski definition) is 5.